The van der Waals surface area contributed by atoms with Crippen molar-refractivity contribution in [3.63, 3.8) is 0 Å². The number of rotatable bonds is 6. The Balaban J connectivity index is 1.58. The Morgan fingerprint density at radius 1 is 1.36 bits per heavy atom. The van der Waals surface area contributed by atoms with Crippen LogP contribution >= 0.6 is 0 Å². The third-order valence-electron chi connectivity index (χ3n) is 4.60. The molecule has 1 aliphatic heterocycles. The molecule has 1 aliphatic rings. The van der Waals surface area contributed by atoms with Crippen molar-refractivity contribution in [2.24, 2.45) is 7.05 Å². The summed E-state index contributed by atoms with van der Waals surface area (Å²) in [4.78, 5) is 14.4. The van der Waals surface area contributed by atoms with Crippen LogP contribution in [0.4, 0.5) is 10.5 Å². The average Bonchev–Trinajstić information content (AvgIpc) is 3.22. The molecule has 2 heterocycles. The number of hydrogen-bond acceptors (Lipinski definition) is 4. The first-order valence-corrected chi connectivity index (χ1v) is 8.61. The normalized spacial score (nSPS) is 17.6. The third-order valence-corrected chi connectivity index (χ3v) is 4.60. The Labute approximate surface area is 147 Å². The topological polar surface area (TPSA) is 82.4 Å². The van der Waals surface area contributed by atoms with Gasteiger partial charge in [0.1, 0.15) is 0 Å². The third kappa shape index (κ3) is 4.58. The lowest BCUT2D eigenvalue weighted by atomic mass is 10.1. The molecule has 25 heavy (non-hydrogen) atoms. The smallest absolute Gasteiger partial charge is 0.319 e. The van der Waals surface area contributed by atoms with E-state index in [1.54, 1.807) is 24.1 Å². The van der Waals surface area contributed by atoms with Gasteiger partial charge in [-0.1, -0.05) is 24.3 Å². The molecule has 3 rings (SSSR count). The van der Waals surface area contributed by atoms with Gasteiger partial charge in [-0.05, 0) is 30.5 Å². The zero-order valence-corrected chi connectivity index (χ0v) is 14.5. The number of nitrogens with zero attached hydrogens (tertiary/aromatic N) is 3. The largest absolute Gasteiger partial charge is 0.395 e. The molecule has 1 fully saturated rings. The van der Waals surface area contributed by atoms with Crippen LogP contribution in [0.3, 0.4) is 0 Å². The van der Waals surface area contributed by atoms with Crippen molar-refractivity contribution in [3.05, 3.63) is 47.8 Å². The van der Waals surface area contributed by atoms with Gasteiger partial charge >= 0.3 is 6.03 Å². The van der Waals surface area contributed by atoms with Crippen molar-refractivity contribution in [2.75, 3.05) is 18.5 Å². The van der Waals surface area contributed by atoms with Crippen LogP contribution in [0, 0.1) is 0 Å². The Kier molecular flexibility index (Phi) is 5.67. The van der Waals surface area contributed by atoms with E-state index in [1.807, 2.05) is 18.2 Å². The predicted molar refractivity (Wildman–Crippen MR) is 96.0 cm³/mol. The molecule has 7 heteroatoms. The summed E-state index contributed by atoms with van der Waals surface area (Å²) in [6.07, 6.45) is 5.52. The number of carbonyl (C=O) groups excluding carboxylic acids is 1. The fourth-order valence-corrected chi connectivity index (χ4v) is 3.25. The van der Waals surface area contributed by atoms with Crippen LogP contribution in [-0.4, -0.2) is 45.0 Å². The van der Waals surface area contributed by atoms with Crippen molar-refractivity contribution >= 4 is 11.7 Å². The van der Waals surface area contributed by atoms with Gasteiger partial charge in [0.05, 0.1) is 18.5 Å². The molecule has 2 amide bonds. The maximum absolute atomic E-state index is 12.0. The summed E-state index contributed by atoms with van der Waals surface area (Å²) in [7, 11) is 1.80. The van der Waals surface area contributed by atoms with Crippen LogP contribution in [0.1, 0.15) is 24.0 Å². The van der Waals surface area contributed by atoms with Crippen molar-refractivity contribution < 1.29 is 9.90 Å². The summed E-state index contributed by atoms with van der Waals surface area (Å²) < 4.78 is 1.64. The molecule has 1 atom stereocenters. The van der Waals surface area contributed by atoms with Crippen molar-refractivity contribution in [1.29, 1.82) is 0 Å². The molecule has 3 N–H and O–H groups in total. The number of aryl methyl sites for hydroxylation is 1. The number of carbonyl (C=O) groups is 1. The van der Waals surface area contributed by atoms with Crippen molar-refractivity contribution in [2.45, 2.75) is 32.0 Å². The van der Waals surface area contributed by atoms with Gasteiger partial charge in [0.25, 0.3) is 0 Å². The minimum absolute atomic E-state index is 0.202. The predicted octanol–water partition coefficient (Wildman–Crippen LogP) is 1.70. The Bertz CT molecular complexity index is 715. The first-order chi connectivity index (χ1) is 12.2. The SMILES string of the molecule is Cn1cc(NC(=O)NCc2ccccc2CN2CCCC2CO)cn1. The number of benzene rings is 1. The number of aliphatic hydroxyl groups excluding tert-OH is 1. The van der Waals surface area contributed by atoms with Gasteiger partial charge < -0.3 is 15.7 Å². The van der Waals surface area contributed by atoms with E-state index in [0.717, 1.165) is 31.5 Å². The Hall–Kier alpha value is -2.38. The van der Waals surface area contributed by atoms with Gasteiger partial charge in [0.15, 0.2) is 0 Å². The zero-order chi connectivity index (χ0) is 17.6. The van der Waals surface area contributed by atoms with E-state index in [1.165, 1.54) is 5.56 Å². The molecule has 0 bridgehead atoms. The highest BCUT2D eigenvalue weighted by molar-refractivity contribution is 5.88. The summed E-state index contributed by atoms with van der Waals surface area (Å²) in [6, 6.07) is 8.10. The van der Waals surface area contributed by atoms with E-state index in [9.17, 15) is 9.90 Å². The van der Waals surface area contributed by atoms with Gasteiger partial charge in [0, 0.05) is 32.4 Å². The molecule has 0 aliphatic carbocycles. The summed E-state index contributed by atoms with van der Waals surface area (Å²) in [5.74, 6) is 0. The maximum atomic E-state index is 12.0. The highest BCUT2D eigenvalue weighted by Crippen LogP contribution is 2.21. The van der Waals surface area contributed by atoms with Gasteiger partial charge in [-0.15, -0.1) is 0 Å². The Morgan fingerprint density at radius 3 is 2.88 bits per heavy atom. The van der Waals surface area contributed by atoms with Gasteiger partial charge in [0.2, 0.25) is 0 Å². The molecular formula is C18H25N5O2. The van der Waals surface area contributed by atoms with E-state index >= 15 is 0 Å². The van der Waals surface area contributed by atoms with Crippen LogP contribution in [0.15, 0.2) is 36.7 Å². The molecule has 7 nitrogen and oxygen atoms in total. The average molecular weight is 343 g/mol. The fourth-order valence-electron chi connectivity index (χ4n) is 3.25. The molecule has 1 aromatic carbocycles. The number of likely N-dealkylation sites (tertiary alicyclic amines) is 1. The lowest BCUT2D eigenvalue weighted by molar-refractivity contribution is 0.153. The zero-order valence-electron chi connectivity index (χ0n) is 14.5. The van der Waals surface area contributed by atoms with Crippen LogP contribution in [0.25, 0.3) is 0 Å². The first-order valence-electron chi connectivity index (χ1n) is 8.61. The van der Waals surface area contributed by atoms with E-state index < -0.39 is 0 Å². The van der Waals surface area contributed by atoms with E-state index in [0.29, 0.717) is 12.2 Å². The summed E-state index contributed by atoms with van der Waals surface area (Å²) in [5.41, 5.74) is 2.94. The van der Waals surface area contributed by atoms with Crippen LogP contribution in [0.5, 0.6) is 0 Å². The molecular weight excluding hydrogens is 318 g/mol. The minimum Gasteiger partial charge on any atom is -0.395 e. The number of aromatic nitrogens is 2. The van der Waals surface area contributed by atoms with Crippen LogP contribution in [0.2, 0.25) is 0 Å². The highest BCUT2D eigenvalue weighted by atomic mass is 16.3. The van der Waals surface area contributed by atoms with E-state index in [-0.39, 0.29) is 18.7 Å². The Morgan fingerprint density at radius 2 is 2.16 bits per heavy atom. The summed E-state index contributed by atoms with van der Waals surface area (Å²) >= 11 is 0. The molecule has 0 radical (unpaired) electrons. The van der Waals surface area contributed by atoms with Crippen molar-refractivity contribution in [3.8, 4) is 0 Å². The number of aliphatic hydroxyl groups is 1. The molecule has 2 aromatic rings. The molecule has 134 valence electrons. The molecule has 1 saturated heterocycles. The highest BCUT2D eigenvalue weighted by Gasteiger charge is 2.24. The second-order valence-electron chi connectivity index (χ2n) is 6.43. The molecule has 0 saturated carbocycles. The molecule has 1 aromatic heterocycles. The number of hydrogen-bond donors (Lipinski definition) is 3. The van der Waals surface area contributed by atoms with E-state index in [2.05, 4.69) is 26.7 Å². The number of nitrogens with one attached hydrogen (secondary N) is 2. The number of urea groups is 1. The lowest BCUT2D eigenvalue weighted by Crippen LogP contribution is -2.32. The van der Waals surface area contributed by atoms with Gasteiger partial charge in [-0.2, -0.15) is 5.10 Å². The minimum atomic E-state index is -0.253. The monoisotopic (exact) mass is 343 g/mol. The molecule has 1 unspecified atom stereocenters. The van der Waals surface area contributed by atoms with Crippen LogP contribution < -0.4 is 10.6 Å². The quantitative estimate of drug-likeness (QED) is 0.745. The summed E-state index contributed by atoms with van der Waals surface area (Å²) in [5, 5.41) is 19.2. The van der Waals surface area contributed by atoms with Gasteiger partial charge in [-0.3, -0.25) is 9.58 Å². The second-order valence-corrected chi connectivity index (χ2v) is 6.43. The van der Waals surface area contributed by atoms with Gasteiger partial charge in [-0.25, -0.2) is 4.79 Å². The standard InChI is InChI=1S/C18H25N5O2/c1-22-12-16(10-20-22)21-18(25)19-9-14-5-2-3-6-15(14)11-23-8-4-7-17(23)13-24/h2-3,5-6,10,12,17,24H,4,7-9,11,13H2,1H3,(H2,19,21,25). The lowest BCUT2D eigenvalue weighted by Gasteiger charge is -2.24. The fraction of sp³-hybridized carbons (Fsp3) is 0.444. The van der Waals surface area contributed by atoms with Crippen LogP contribution in [-0.2, 0) is 20.1 Å². The first kappa shape index (κ1) is 17.4. The molecule has 0 spiro atoms. The van der Waals surface area contributed by atoms with E-state index in [4.69, 9.17) is 0 Å². The maximum Gasteiger partial charge on any atom is 0.319 e. The summed E-state index contributed by atoms with van der Waals surface area (Å²) in [6.45, 7) is 2.47. The second kappa shape index (κ2) is 8.13. The van der Waals surface area contributed by atoms with Crippen molar-refractivity contribution in [1.82, 2.24) is 20.0 Å². The number of amides is 2. The number of anilines is 1.